The van der Waals surface area contributed by atoms with E-state index < -0.39 is 28.0 Å². The van der Waals surface area contributed by atoms with E-state index in [1.807, 2.05) is 60.7 Å². The van der Waals surface area contributed by atoms with Crippen molar-refractivity contribution in [2.75, 3.05) is 49.7 Å². The van der Waals surface area contributed by atoms with Crippen LogP contribution in [0.2, 0.25) is 0 Å². The molecule has 3 heterocycles. The van der Waals surface area contributed by atoms with Crippen LogP contribution in [0.25, 0.3) is 22.4 Å². The normalized spacial score (nSPS) is 17.7. The Labute approximate surface area is 312 Å². The summed E-state index contributed by atoms with van der Waals surface area (Å²) in [6.45, 7) is 2.54. The molecule has 2 aliphatic rings. The number of imidazole rings is 1. The van der Waals surface area contributed by atoms with E-state index in [-0.39, 0.29) is 36.5 Å². The zero-order valence-corrected chi connectivity index (χ0v) is 30.2. The molecule has 54 heavy (non-hydrogen) atoms. The van der Waals surface area contributed by atoms with E-state index in [4.69, 9.17) is 4.74 Å². The van der Waals surface area contributed by atoms with E-state index in [1.54, 1.807) is 53.6 Å². The maximum absolute atomic E-state index is 13.8. The average Bonchev–Trinajstić information content (AvgIpc) is 3.69. The van der Waals surface area contributed by atoms with Crippen molar-refractivity contribution in [3.8, 4) is 22.4 Å². The molecule has 4 N–H and O–H groups in total. The van der Waals surface area contributed by atoms with Gasteiger partial charge in [-0.05, 0) is 52.1 Å². The van der Waals surface area contributed by atoms with Crippen LogP contribution < -0.4 is 10.6 Å². The summed E-state index contributed by atoms with van der Waals surface area (Å²) in [6, 6.07) is 30.0. The molecule has 2 atom stereocenters. The van der Waals surface area contributed by atoms with Crippen LogP contribution in [0, 0.1) is 0 Å². The lowest BCUT2D eigenvalue weighted by atomic mass is 10.0. The van der Waals surface area contributed by atoms with Crippen LogP contribution in [-0.4, -0.2) is 95.6 Å². The molecule has 5 aromatic rings. The van der Waals surface area contributed by atoms with Crippen molar-refractivity contribution in [3.05, 3.63) is 132 Å². The molecule has 3 amide bonds. The monoisotopic (exact) mass is 748 g/mol. The van der Waals surface area contributed by atoms with Gasteiger partial charge in [0.25, 0.3) is 11.8 Å². The Bertz CT molecular complexity index is 2200. The maximum atomic E-state index is 13.8. The molecule has 2 aliphatic heterocycles. The van der Waals surface area contributed by atoms with Gasteiger partial charge in [-0.15, -0.1) is 0 Å². The van der Waals surface area contributed by atoms with Crippen LogP contribution in [0.3, 0.4) is 0 Å². The van der Waals surface area contributed by atoms with E-state index in [9.17, 15) is 27.9 Å². The summed E-state index contributed by atoms with van der Waals surface area (Å²) in [6.07, 6.45) is 0.412. The van der Waals surface area contributed by atoms with Crippen molar-refractivity contribution in [1.82, 2.24) is 25.1 Å². The molecular formula is C40H40N6O7S. The number of aromatic nitrogens is 2. The highest BCUT2D eigenvalue weighted by Gasteiger charge is 2.36. The van der Waals surface area contributed by atoms with Crippen molar-refractivity contribution < 1.29 is 32.6 Å². The number of nitrogens with zero attached hydrogens (tertiary/aromatic N) is 3. The van der Waals surface area contributed by atoms with Gasteiger partial charge in [-0.1, -0.05) is 78.9 Å². The fraction of sp³-hybridized carbons (Fsp3) is 0.250. The van der Waals surface area contributed by atoms with Crippen LogP contribution in [0.15, 0.2) is 109 Å². The van der Waals surface area contributed by atoms with Gasteiger partial charge in [0.2, 0.25) is 0 Å². The summed E-state index contributed by atoms with van der Waals surface area (Å²) in [5.41, 5.74) is 6.33. The Morgan fingerprint density at radius 3 is 2.17 bits per heavy atom. The number of anilines is 1. The van der Waals surface area contributed by atoms with E-state index in [0.717, 1.165) is 27.9 Å². The van der Waals surface area contributed by atoms with Gasteiger partial charge in [-0.25, -0.2) is 18.2 Å². The number of hydrogen-bond acceptors (Lipinski definition) is 8. The number of ether oxygens (including phenoxy) is 1. The summed E-state index contributed by atoms with van der Waals surface area (Å²) >= 11 is 0. The first-order valence-corrected chi connectivity index (χ1v) is 19.5. The van der Waals surface area contributed by atoms with Crippen molar-refractivity contribution in [1.29, 1.82) is 0 Å². The number of carbonyl (C=O) groups excluding carboxylic acids is 2. The number of aromatic amines is 1. The van der Waals surface area contributed by atoms with Gasteiger partial charge in [-0.2, -0.15) is 0 Å². The number of carboxylic acid groups (broad SMARTS) is 1. The Balaban J connectivity index is 0.970. The third-order valence-electron chi connectivity index (χ3n) is 9.70. The van der Waals surface area contributed by atoms with Gasteiger partial charge in [0.05, 0.1) is 36.6 Å². The lowest BCUT2D eigenvalue weighted by Gasteiger charge is -2.36. The minimum absolute atomic E-state index is 0.189. The second-order valence-electron chi connectivity index (χ2n) is 13.3. The molecule has 2 fully saturated rings. The number of amides is 3. The molecule has 0 radical (unpaired) electrons. The molecule has 0 saturated carbocycles. The zero-order valence-electron chi connectivity index (χ0n) is 29.4. The molecule has 2 saturated heterocycles. The van der Waals surface area contributed by atoms with Gasteiger partial charge < -0.3 is 30.4 Å². The summed E-state index contributed by atoms with van der Waals surface area (Å²) in [7, 11) is -2.92. The topological polar surface area (TPSA) is 174 Å². The fourth-order valence-corrected chi connectivity index (χ4v) is 7.97. The number of rotatable bonds is 10. The number of carbonyl (C=O) groups is 3. The predicted molar refractivity (Wildman–Crippen MR) is 203 cm³/mol. The first-order valence-electron chi connectivity index (χ1n) is 17.6. The summed E-state index contributed by atoms with van der Waals surface area (Å²) in [4.78, 5) is 50.0. The quantitative estimate of drug-likeness (QED) is 0.151. The van der Waals surface area contributed by atoms with Crippen LogP contribution in [-0.2, 0) is 25.9 Å². The van der Waals surface area contributed by atoms with Gasteiger partial charge in [0.1, 0.15) is 17.9 Å². The Hall–Kier alpha value is -5.83. The molecular weight excluding hydrogens is 709 g/mol. The van der Waals surface area contributed by atoms with Gasteiger partial charge in [0.15, 0.2) is 9.84 Å². The zero-order chi connectivity index (χ0) is 37.7. The molecule has 4 aromatic carbocycles. The second kappa shape index (κ2) is 16.0. The van der Waals surface area contributed by atoms with E-state index in [0.29, 0.717) is 48.9 Å². The smallest absolute Gasteiger partial charge is 0.405 e. The first-order chi connectivity index (χ1) is 26.1. The Morgan fingerprint density at radius 2 is 1.50 bits per heavy atom. The van der Waals surface area contributed by atoms with Gasteiger partial charge >= 0.3 is 6.09 Å². The molecule has 0 aliphatic carbocycles. The molecule has 0 bridgehead atoms. The molecule has 14 heteroatoms. The minimum atomic E-state index is -2.92. The average molecular weight is 749 g/mol. The standard InChI is InChI=1S/C40H40N6O7S/c47-38(42-33-16-6-27(7-17-33)25-45-19-22-54(51,52)23-20-45)32-14-10-29(11-15-32)28-8-12-30(13-9-28)34-24-41-37(43-34)35-26-53-21-18-46(35)39(48)36(44-40(49)50)31-4-2-1-3-5-31/h1-17,24,35-36,44H,18-23,25-26H2,(H,41,43)(H,42,47)(H,49,50)/t35-,36-/m0/s1. The van der Waals surface area contributed by atoms with Crippen molar-refractivity contribution in [3.63, 3.8) is 0 Å². The summed E-state index contributed by atoms with van der Waals surface area (Å²) < 4.78 is 29.1. The molecule has 1 aromatic heterocycles. The SMILES string of the molecule is O=C(O)N[C@H](C(=O)N1CCOC[C@H]1c1ncc(-c2ccc(-c3ccc(C(=O)Nc4ccc(CN5CCS(=O)(=O)CC5)cc4)cc3)cc2)[nH]1)c1ccccc1. The summed E-state index contributed by atoms with van der Waals surface area (Å²) in [5, 5.41) is 14.8. The van der Waals surface area contributed by atoms with Crippen LogP contribution >= 0.6 is 0 Å². The van der Waals surface area contributed by atoms with Crippen LogP contribution in [0.1, 0.15) is 39.4 Å². The van der Waals surface area contributed by atoms with Crippen LogP contribution in [0.4, 0.5) is 10.5 Å². The van der Waals surface area contributed by atoms with Crippen molar-refractivity contribution in [2.24, 2.45) is 0 Å². The van der Waals surface area contributed by atoms with E-state index in [1.165, 1.54) is 0 Å². The largest absolute Gasteiger partial charge is 0.465 e. The second-order valence-corrected chi connectivity index (χ2v) is 15.6. The highest BCUT2D eigenvalue weighted by atomic mass is 32.2. The number of benzene rings is 4. The highest BCUT2D eigenvalue weighted by Crippen LogP contribution is 2.30. The molecule has 0 unspecified atom stereocenters. The molecule has 7 rings (SSSR count). The molecule has 278 valence electrons. The minimum Gasteiger partial charge on any atom is -0.465 e. The van der Waals surface area contributed by atoms with Crippen molar-refractivity contribution >= 4 is 33.4 Å². The van der Waals surface area contributed by atoms with Gasteiger partial charge in [0, 0.05) is 37.4 Å². The Kier molecular flexibility index (Phi) is 10.9. The first kappa shape index (κ1) is 36.5. The number of H-pyrrole nitrogens is 1. The number of sulfone groups is 1. The van der Waals surface area contributed by atoms with Crippen molar-refractivity contribution in [2.45, 2.75) is 18.6 Å². The number of morpholine rings is 1. The van der Waals surface area contributed by atoms with Crippen LogP contribution in [0.5, 0.6) is 0 Å². The lowest BCUT2D eigenvalue weighted by molar-refractivity contribution is -0.142. The number of nitrogens with one attached hydrogen (secondary N) is 3. The van der Waals surface area contributed by atoms with Gasteiger partial charge in [-0.3, -0.25) is 14.5 Å². The number of hydrogen-bond donors (Lipinski definition) is 4. The van der Waals surface area contributed by atoms with E-state index >= 15 is 0 Å². The molecule has 13 nitrogen and oxygen atoms in total. The fourth-order valence-electron chi connectivity index (χ4n) is 6.69. The molecule has 0 spiro atoms. The third kappa shape index (κ3) is 8.68. The highest BCUT2D eigenvalue weighted by molar-refractivity contribution is 7.91. The lowest BCUT2D eigenvalue weighted by Crippen LogP contribution is -2.49. The predicted octanol–water partition coefficient (Wildman–Crippen LogP) is 5.14. The van der Waals surface area contributed by atoms with E-state index in [2.05, 4.69) is 25.5 Å². The third-order valence-corrected chi connectivity index (χ3v) is 11.3. The maximum Gasteiger partial charge on any atom is 0.405 e. The summed E-state index contributed by atoms with van der Waals surface area (Å²) in [5.74, 6) is 0.301. The Morgan fingerprint density at radius 1 is 0.852 bits per heavy atom.